The molecule has 0 aromatic carbocycles. The molecule has 0 aromatic rings. The van der Waals surface area contributed by atoms with E-state index in [4.69, 9.17) is 15.9 Å². The molecule has 0 aliphatic heterocycles. The molecule has 0 spiro atoms. The summed E-state index contributed by atoms with van der Waals surface area (Å²) in [5.74, 6) is -0.659. The second kappa shape index (κ2) is 17.4. The van der Waals surface area contributed by atoms with E-state index in [1.807, 2.05) is 6.92 Å². The fraction of sp³-hybridized carbons (Fsp3) is 0.933. The highest BCUT2D eigenvalue weighted by molar-refractivity contribution is 5.66. The van der Waals surface area contributed by atoms with Crippen molar-refractivity contribution in [3.8, 4) is 0 Å². The van der Waals surface area contributed by atoms with Gasteiger partial charge in [0.25, 0.3) is 0 Å². The Morgan fingerprint density at radius 2 is 1.32 bits per heavy atom. The standard InChI is InChI=1S/C12H24O2.C3H9NO/c1-2-3-4-5-6-7-8-9-10-11-12(13)14;1-2-3(4)5/h2-11H2,1H3,(H,13,14);3,5H,2,4H2,1H3. The van der Waals surface area contributed by atoms with Gasteiger partial charge in [0.05, 0.1) is 0 Å². The summed E-state index contributed by atoms with van der Waals surface area (Å²) in [7, 11) is 0. The molecule has 0 radical (unpaired) electrons. The largest absolute Gasteiger partial charge is 0.481 e. The molecule has 0 amide bonds. The van der Waals surface area contributed by atoms with Crippen molar-refractivity contribution >= 4 is 5.97 Å². The van der Waals surface area contributed by atoms with Crippen molar-refractivity contribution in [2.45, 2.75) is 90.7 Å². The molecular weight excluding hydrogens is 242 g/mol. The van der Waals surface area contributed by atoms with Crippen LogP contribution in [0.15, 0.2) is 0 Å². The van der Waals surface area contributed by atoms with E-state index in [0.29, 0.717) is 12.8 Å². The number of hydrogen-bond acceptors (Lipinski definition) is 3. The highest BCUT2D eigenvalue weighted by Crippen LogP contribution is 2.10. The minimum atomic E-state index is -0.659. The Bertz CT molecular complexity index is 184. The molecule has 0 aliphatic rings. The van der Waals surface area contributed by atoms with Gasteiger partial charge >= 0.3 is 5.97 Å². The Balaban J connectivity index is 0. The number of hydrogen-bond donors (Lipinski definition) is 3. The molecule has 1 unspecified atom stereocenters. The lowest BCUT2D eigenvalue weighted by Gasteiger charge is -2.00. The molecule has 4 N–H and O–H groups in total. The van der Waals surface area contributed by atoms with Crippen molar-refractivity contribution in [2.75, 3.05) is 0 Å². The van der Waals surface area contributed by atoms with Crippen LogP contribution >= 0.6 is 0 Å². The lowest BCUT2D eigenvalue weighted by atomic mass is 10.1. The number of nitrogens with two attached hydrogens (primary N) is 1. The summed E-state index contributed by atoms with van der Waals surface area (Å²) in [6.45, 7) is 4.05. The molecule has 0 heterocycles. The van der Waals surface area contributed by atoms with Crippen LogP contribution in [-0.2, 0) is 4.79 Å². The molecule has 0 saturated carbocycles. The van der Waals surface area contributed by atoms with Crippen LogP contribution in [0.25, 0.3) is 0 Å². The van der Waals surface area contributed by atoms with Crippen LogP contribution in [0.2, 0.25) is 0 Å². The lowest BCUT2D eigenvalue weighted by molar-refractivity contribution is -0.137. The first-order valence-electron chi connectivity index (χ1n) is 7.70. The zero-order valence-corrected chi connectivity index (χ0v) is 12.7. The highest BCUT2D eigenvalue weighted by Gasteiger charge is 1.96. The number of rotatable bonds is 11. The van der Waals surface area contributed by atoms with Gasteiger partial charge in [-0.05, 0) is 12.8 Å². The lowest BCUT2D eigenvalue weighted by Crippen LogP contribution is -2.16. The van der Waals surface area contributed by atoms with Gasteiger partial charge in [0.1, 0.15) is 6.23 Å². The maximum absolute atomic E-state index is 10.2. The third-order valence-corrected chi connectivity index (χ3v) is 2.91. The smallest absolute Gasteiger partial charge is 0.303 e. The molecular formula is C15H33NO3. The first-order valence-corrected chi connectivity index (χ1v) is 7.70. The highest BCUT2D eigenvalue weighted by atomic mass is 16.4. The first-order chi connectivity index (χ1) is 9.04. The topological polar surface area (TPSA) is 83.5 Å². The number of carboxylic acids is 1. The Hall–Kier alpha value is -0.610. The van der Waals surface area contributed by atoms with Gasteiger partial charge in [-0.3, -0.25) is 4.79 Å². The van der Waals surface area contributed by atoms with Crippen molar-refractivity contribution in [1.82, 2.24) is 0 Å². The third kappa shape index (κ3) is 26.8. The van der Waals surface area contributed by atoms with Gasteiger partial charge in [0.15, 0.2) is 0 Å². The predicted octanol–water partition coefficient (Wildman–Crippen LogP) is 3.67. The Kier molecular flexibility index (Phi) is 18.9. The van der Waals surface area contributed by atoms with E-state index in [1.54, 1.807) is 0 Å². The van der Waals surface area contributed by atoms with E-state index in [9.17, 15) is 4.79 Å². The van der Waals surface area contributed by atoms with Gasteiger partial charge in [0, 0.05) is 6.42 Å². The molecule has 0 bridgehead atoms. The molecule has 4 heteroatoms. The van der Waals surface area contributed by atoms with Crippen LogP contribution in [0.1, 0.15) is 84.5 Å². The monoisotopic (exact) mass is 275 g/mol. The van der Waals surface area contributed by atoms with E-state index < -0.39 is 12.2 Å². The molecule has 0 saturated heterocycles. The van der Waals surface area contributed by atoms with Crippen LogP contribution in [0.5, 0.6) is 0 Å². The molecule has 0 rings (SSSR count). The van der Waals surface area contributed by atoms with E-state index in [1.165, 1.54) is 44.9 Å². The van der Waals surface area contributed by atoms with Crippen LogP contribution < -0.4 is 5.73 Å². The van der Waals surface area contributed by atoms with Crippen LogP contribution in [0.3, 0.4) is 0 Å². The van der Waals surface area contributed by atoms with E-state index in [-0.39, 0.29) is 0 Å². The summed E-state index contributed by atoms with van der Waals surface area (Å²) in [6.07, 6.45) is 11.5. The van der Waals surface area contributed by atoms with Crippen LogP contribution in [0.4, 0.5) is 0 Å². The Morgan fingerprint density at radius 3 is 1.63 bits per heavy atom. The summed E-state index contributed by atoms with van der Waals surface area (Å²) in [4.78, 5) is 10.2. The summed E-state index contributed by atoms with van der Waals surface area (Å²) < 4.78 is 0. The van der Waals surface area contributed by atoms with Gasteiger partial charge in [-0.2, -0.15) is 0 Å². The number of aliphatic hydroxyl groups is 1. The number of aliphatic hydroxyl groups excluding tert-OH is 1. The zero-order chi connectivity index (χ0) is 14.9. The summed E-state index contributed by atoms with van der Waals surface area (Å²) in [5, 5.41) is 16.6. The minimum Gasteiger partial charge on any atom is -0.481 e. The van der Waals surface area contributed by atoms with Gasteiger partial charge in [0.2, 0.25) is 0 Å². The first kappa shape index (κ1) is 20.7. The van der Waals surface area contributed by atoms with Crippen molar-refractivity contribution < 1.29 is 15.0 Å². The molecule has 0 aromatic heterocycles. The van der Waals surface area contributed by atoms with Crippen molar-refractivity contribution in [1.29, 1.82) is 0 Å². The minimum absolute atomic E-state index is 0.343. The van der Waals surface area contributed by atoms with Crippen molar-refractivity contribution in [3.05, 3.63) is 0 Å². The van der Waals surface area contributed by atoms with Crippen molar-refractivity contribution in [2.24, 2.45) is 5.73 Å². The average molecular weight is 275 g/mol. The van der Waals surface area contributed by atoms with Crippen LogP contribution in [0, 0.1) is 0 Å². The van der Waals surface area contributed by atoms with Gasteiger partial charge in [-0.25, -0.2) is 0 Å². The quantitative estimate of drug-likeness (QED) is 0.397. The molecule has 0 fully saturated rings. The fourth-order valence-corrected chi connectivity index (χ4v) is 1.59. The number of aliphatic carboxylic acids is 1. The Morgan fingerprint density at radius 1 is 0.947 bits per heavy atom. The third-order valence-electron chi connectivity index (χ3n) is 2.91. The summed E-state index contributed by atoms with van der Waals surface area (Å²) in [5.41, 5.74) is 4.85. The van der Waals surface area contributed by atoms with Gasteiger partial charge in [-0.1, -0.05) is 65.2 Å². The molecule has 1 atom stereocenters. The summed E-state index contributed by atoms with van der Waals surface area (Å²) >= 11 is 0. The van der Waals surface area contributed by atoms with E-state index in [2.05, 4.69) is 6.92 Å². The average Bonchev–Trinajstić information content (AvgIpc) is 2.37. The number of carbonyl (C=O) groups is 1. The molecule has 19 heavy (non-hydrogen) atoms. The molecule has 0 aliphatic carbocycles. The molecule has 116 valence electrons. The maximum Gasteiger partial charge on any atom is 0.303 e. The zero-order valence-electron chi connectivity index (χ0n) is 12.7. The number of carboxylic acid groups (broad SMARTS) is 1. The van der Waals surface area contributed by atoms with Gasteiger partial charge < -0.3 is 15.9 Å². The Labute approximate surface area is 118 Å². The van der Waals surface area contributed by atoms with Crippen LogP contribution in [-0.4, -0.2) is 22.4 Å². The fourth-order valence-electron chi connectivity index (χ4n) is 1.59. The van der Waals surface area contributed by atoms with E-state index >= 15 is 0 Å². The second-order valence-electron chi connectivity index (χ2n) is 4.95. The van der Waals surface area contributed by atoms with Gasteiger partial charge in [-0.15, -0.1) is 0 Å². The molecule has 4 nitrogen and oxygen atoms in total. The number of unbranched alkanes of at least 4 members (excludes halogenated alkanes) is 8. The normalized spacial score (nSPS) is 11.6. The van der Waals surface area contributed by atoms with Crippen molar-refractivity contribution in [3.63, 3.8) is 0 Å². The summed E-state index contributed by atoms with van der Waals surface area (Å²) in [6, 6.07) is 0. The predicted molar refractivity (Wildman–Crippen MR) is 80.0 cm³/mol. The van der Waals surface area contributed by atoms with E-state index in [0.717, 1.165) is 12.8 Å². The SMILES string of the molecule is CCC(N)O.CCCCCCCCCCCC(=O)O. The second-order valence-corrected chi connectivity index (χ2v) is 4.95. The maximum atomic E-state index is 10.2.